The number of hydrogen-bond acceptors (Lipinski definition) is 6. The van der Waals surface area contributed by atoms with Gasteiger partial charge in [-0.2, -0.15) is 0 Å². The van der Waals surface area contributed by atoms with E-state index >= 15 is 0 Å². The molecule has 3 aromatic rings. The molecule has 1 saturated heterocycles. The van der Waals surface area contributed by atoms with Gasteiger partial charge in [-0.05, 0) is 56.7 Å². The van der Waals surface area contributed by atoms with Gasteiger partial charge in [0.15, 0.2) is 0 Å². The average Bonchev–Trinajstić information content (AvgIpc) is 3.44. The van der Waals surface area contributed by atoms with Crippen LogP contribution in [0.4, 0.5) is 16.3 Å². The van der Waals surface area contributed by atoms with Gasteiger partial charge in [-0.15, -0.1) is 0 Å². The molecule has 2 aromatic heterocycles. The Morgan fingerprint density at radius 2 is 2.03 bits per heavy atom. The van der Waals surface area contributed by atoms with Crippen molar-refractivity contribution in [2.24, 2.45) is 0 Å². The van der Waals surface area contributed by atoms with E-state index in [0.717, 1.165) is 23.1 Å². The van der Waals surface area contributed by atoms with Crippen LogP contribution in [0.25, 0.3) is 10.9 Å². The molecule has 1 atom stereocenters. The van der Waals surface area contributed by atoms with Crippen molar-refractivity contribution in [2.45, 2.75) is 32.9 Å². The molecule has 0 unspecified atom stereocenters. The summed E-state index contributed by atoms with van der Waals surface area (Å²) in [5.74, 6) is 1.25. The Labute approximate surface area is 192 Å². The molecule has 9 heteroatoms. The molecule has 2 N–H and O–H groups in total. The number of nitrogens with one attached hydrogen (secondary N) is 2. The lowest BCUT2D eigenvalue weighted by molar-refractivity contribution is 0.101. The number of amides is 2. The zero-order valence-electron chi connectivity index (χ0n) is 19.1. The maximum absolute atomic E-state index is 13.0. The molecular weight excluding hydrogens is 422 g/mol. The van der Waals surface area contributed by atoms with E-state index in [2.05, 4.69) is 15.6 Å². The summed E-state index contributed by atoms with van der Waals surface area (Å²) in [4.78, 5) is 30.9. The molecule has 4 rings (SSSR count). The van der Waals surface area contributed by atoms with E-state index in [1.54, 1.807) is 25.1 Å². The molecule has 0 aliphatic carbocycles. The topological polar surface area (TPSA) is 97.7 Å². The Kier molecular flexibility index (Phi) is 6.67. The Bertz CT molecular complexity index is 1140. The first-order chi connectivity index (χ1) is 16.0. The van der Waals surface area contributed by atoms with Gasteiger partial charge in [-0.1, -0.05) is 0 Å². The van der Waals surface area contributed by atoms with Crippen LogP contribution < -0.4 is 15.4 Å². The van der Waals surface area contributed by atoms with Crippen molar-refractivity contribution in [1.29, 1.82) is 0 Å². The molecule has 1 aliphatic heterocycles. The van der Waals surface area contributed by atoms with Crippen LogP contribution in [-0.4, -0.2) is 59.3 Å². The van der Waals surface area contributed by atoms with Crippen LogP contribution >= 0.6 is 0 Å². The minimum absolute atomic E-state index is 0.111. The molecule has 3 heterocycles. The van der Waals surface area contributed by atoms with Crippen LogP contribution in [0.1, 0.15) is 30.8 Å². The first kappa shape index (κ1) is 22.4. The third kappa shape index (κ3) is 4.87. The average molecular weight is 452 g/mol. The number of aryl methyl sites for hydroxylation is 1. The van der Waals surface area contributed by atoms with Gasteiger partial charge in [0.1, 0.15) is 17.3 Å². The molecule has 1 aromatic carbocycles. The van der Waals surface area contributed by atoms with E-state index in [1.807, 2.05) is 47.9 Å². The van der Waals surface area contributed by atoms with Crippen LogP contribution in [0.3, 0.4) is 0 Å². The Balaban J connectivity index is 1.40. The van der Waals surface area contributed by atoms with Crippen LogP contribution in [0.5, 0.6) is 5.75 Å². The Morgan fingerprint density at radius 3 is 2.73 bits per heavy atom. The first-order valence-corrected chi connectivity index (χ1v) is 11.1. The maximum atomic E-state index is 13.0. The van der Waals surface area contributed by atoms with E-state index in [-0.39, 0.29) is 18.0 Å². The highest BCUT2D eigenvalue weighted by molar-refractivity contribution is 6.06. The van der Waals surface area contributed by atoms with Gasteiger partial charge in [-0.25, -0.2) is 9.78 Å². The lowest BCUT2D eigenvalue weighted by Crippen LogP contribution is -2.32. The molecule has 1 fully saturated rings. The highest BCUT2D eigenvalue weighted by atomic mass is 16.6. The number of rotatable bonds is 7. The van der Waals surface area contributed by atoms with Crippen molar-refractivity contribution in [3.8, 4) is 5.75 Å². The number of fused-ring (bicyclic) bond motifs is 1. The molecule has 0 radical (unpaired) electrons. The lowest BCUT2D eigenvalue weighted by Gasteiger charge is -2.16. The fourth-order valence-electron chi connectivity index (χ4n) is 4.12. The third-order valence-electron chi connectivity index (χ3n) is 5.74. The summed E-state index contributed by atoms with van der Waals surface area (Å²) in [5, 5.41) is 7.22. The second-order valence-corrected chi connectivity index (χ2v) is 7.86. The number of carbonyl (C=O) groups excluding carboxylic acids is 2. The number of anilines is 2. The van der Waals surface area contributed by atoms with Gasteiger partial charge in [0.2, 0.25) is 0 Å². The number of ether oxygens (including phenoxy) is 2. The number of pyridine rings is 1. The predicted octanol–water partition coefficient (Wildman–Crippen LogP) is 3.96. The summed E-state index contributed by atoms with van der Waals surface area (Å²) in [6.07, 6.45) is 2.17. The van der Waals surface area contributed by atoms with E-state index in [0.29, 0.717) is 43.4 Å². The quantitative estimate of drug-likeness (QED) is 0.564. The van der Waals surface area contributed by atoms with Crippen molar-refractivity contribution in [3.63, 3.8) is 0 Å². The number of likely N-dealkylation sites (tertiary alicyclic amines) is 1. The molecule has 9 nitrogen and oxygen atoms in total. The first-order valence-electron chi connectivity index (χ1n) is 11.1. The molecule has 1 aliphatic rings. The normalized spacial score (nSPS) is 15.5. The summed E-state index contributed by atoms with van der Waals surface area (Å²) in [6.45, 7) is 6.08. The third-order valence-corrected chi connectivity index (χ3v) is 5.74. The lowest BCUT2D eigenvalue weighted by atomic mass is 10.2. The van der Waals surface area contributed by atoms with Gasteiger partial charge < -0.3 is 29.6 Å². The molecule has 0 bridgehead atoms. The summed E-state index contributed by atoms with van der Waals surface area (Å²) in [6, 6.07) is 11.4. The monoisotopic (exact) mass is 451 g/mol. The highest BCUT2D eigenvalue weighted by Gasteiger charge is 2.27. The summed E-state index contributed by atoms with van der Waals surface area (Å²) in [7, 11) is 1.63. The predicted molar refractivity (Wildman–Crippen MR) is 127 cm³/mol. The van der Waals surface area contributed by atoms with Gasteiger partial charge >= 0.3 is 6.09 Å². The van der Waals surface area contributed by atoms with Crippen molar-refractivity contribution >= 4 is 34.4 Å². The van der Waals surface area contributed by atoms with E-state index in [1.165, 1.54) is 0 Å². The number of aromatic nitrogens is 2. The molecule has 174 valence electrons. The zero-order chi connectivity index (χ0) is 23.4. The SMILES string of the molecule is CCOC(=O)N1CC[C@H](Nc2ccc(NC(=O)c3cc4cc(OC)ccc4n3CC)cn2)C1. The molecular formula is C24H29N5O4. The van der Waals surface area contributed by atoms with Crippen molar-refractivity contribution < 1.29 is 19.1 Å². The number of hydrogen-bond donors (Lipinski definition) is 2. The zero-order valence-corrected chi connectivity index (χ0v) is 19.1. The molecule has 33 heavy (non-hydrogen) atoms. The smallest absolute Gasteiger partial charge is 0.409 e. The Hall–Kier alpha value is -3.75. The summed E-state index contributed by atoms with van der Waals surface area (Å²) < 4.78 is 12.3. The largest absolute Gasteiger partial charge is 0.497 e. The van der Waals surface area contributed by atoms with Gasteiger partial charge in [0, 0.05) is 36.6 Å². The van der Waals surface area contributed by atoms with E-state index in [4.69, 9.17) is 9.47 Å². The van der Waals surface area contributed by atoms with Crippen molar-refractivity contribution in [2.75, 3.05) is 37.4 Å². The number of benzene rings is 1. The van der Waals surface area contributed by atoms with Crippen molar-refractivity contribution in [3.05, 3.63) is 48.3 Å². The molecule has 0 spiro atoms. The number of methoxy groups -OCH3 is 1. The number of nitrogens with zero attached hydrogens (tertiary/aromatic N) is 3. The molecule has 0 saturated carbocycles. The second-order valence-electron chi connectivity index (χ2n) is 7.86. The van der Waals surface area contributed by atoms with Gasteiger partial charge in [-0.3, -0.25) is 4.79 Å². The van der Waals surface area contributed by atoms with Crippen LogP contribution in [0.15, 0.2) is 42.6 Å². The molecule has 2 amide bonds. The summed E-state index contributed by atoms with van der Waals surface area (Å²) in [5.41, 5.74) is 2.16. The maximum Gasteiger partial charge on any atom is 0.409 e. The van der Waals surface area contributed by atoms with Crippen molar-refractivity contribution in [1.82, 2.24) is 14.5 Å². The van der Waals surface area contributed by atoms with Crippen LogP contribution in [-0.2, 0) is 11.3 Å². The fourth-order valence-corrected chi connectivity index (χ4v) is 4.12. The Morgan fingerprint density at radius 1 is 1.18 bits per heavy atom. The van der Waals surface area contributed by atoms with Gasteiger partial charge in [0.05, 0.1) is 25.6 Å². The number of carbonyl (C=O) groups is 2. The van der Waals surface area contributed by atoms with Crippen LogP contribution in [0, 0.1) is 0 Å². The van der Waals surface area contributed by atoms with Gasteiger partial charge in [0.25, 0.3) is 5.91 Å². The minimum atomic E-state index is -0.282. The summed E-state index contributed by atoms with van der Waals surface area (Å²) >= 11 is 0. The second kappa shape index (κ2) is 9.81. The fraction of sp³-hybridized carbons (Fsp3) is 0.375. The van der Waals surface area contributed by atoms with E-state index in [9.17, 15) is 9.59 Å². The van der Waals surface area contributed by atoms with E-state index < -0.39 is 0 Å². The van der Waals surface area contributed by atoms with Crippen LogP contribution in [0.2, 0.25) is 0 Å². The minimum Gasteiger partial charge on any atom is -0.497 e. The standard InChI is InChI=1S/C24H29N5O4/c1-4-29-20-8-7-19(32-3)12-16(20)13-21(29)23(30)27-17-6-9-22(25-14-17)26-18-10-11-28(15-18)24(31)33-5-2/h6-9,12-14,18H,4-5,10-11,15H2,1-3H3,(H,25,26)(H,27,30)/t18-/m0/s1. The highest BCUT2D eigenvalue weighted by Crippen LogP contribution is 2.25.